The number of amides is 1. The summed E-state index contributed by atoms with van der Waals surface area (Å²) in [5, 5.41) is 42.7. The molecule has 3 aliphatic carbocycles. The number of methoxy groups -OCH3 is 1. The van der Waals surface area contributed by atoms with Gasteiger partial charge in [-0.2, -0.15) is 0 Å². The van der Waals surface area contributed by atoms with Crippen molar-refractivity contribution in [3.05, 3.63) is 45.7 Å². The Labute approximate surface area is 181 Å². The SMILES string of the molecule is COCC(=O)c1ccc(O)c2c1CC1CC3CC(O)=C(C(N)=O)C4(O)O[C@]34C(=O)C1=C2O. The van der Waals surface area contributed by atoms with Crippen LogP contribution in [0.4, 0.5) is 0 Å². The number of nitrogens with two attached hydrogens (primary N) is 1. The molecule has 4 aliphatic rings. The van der Waals surface area contributed by atoms with Crippen LogP contribution in [0.5, 0.6) is 5.75 Å². The molecule has 6 N–H and O–H groups in total. The molecule has 0 aromatic heterocycles. The molecule has 1 aliphatic heterocycles. The van der Waals surface area contributed by atoms with Crippen molar-refractivity contribution in [2.24, 2.45) is 17.6 Å². The lowest BCUT2D eigenvalue weighted by molar-refractivity contribution is -0.126. The van der Waals surface area contributed by atoms with E-state index in [-0.39, 0.29) is 54.1 Å². The number of fused-ring (bicyclic) bond motifs is 2. The molecule has 1 spiro atoms. The van der Waals surface area contributed by atoms with E-state index in [4.69, 9.17) is 15.2 Å². The Balaban J connectivity index is 1.66. The van der Waals surface area contributed by atoms with Gasteiger partial charge in [-0.15, -0.1) is 0 Å². The highest BCUT2D eigenvalue weighted by atomic mass is 16.8. The first kappa shape index (κ1) is 20.7. The number of phenolic OH excluding ortho intramolecular Hbond substituents is 1. The molecule has 32 heavy (non-hydrogen) atoms. The molecule has 168 valence electrons. The zero-order valence-corrected chi connectivity index (χ0v) is 17.0. The third-order valence-corrected chi connectivity index (χ3v) is 7.03. The number of rotatable bonds is 4. The van der Waals surface area contributed by atoms with E-state index >= 15 is 0 Å². The number of ether oxygens (including phenoxy) is 2. The molecular formula is C22H21NO9. The average molecular weight is 443 g/mol. The zero-order chi connectivity index (χ0) is 23.2. The summed E-state index contributed by atoms with van der Waals surface area (Å²) in [6.07, 6.45) is 0.271. The van der Waals surface area contributed by atoms with Crippen LogP contribution < -0.4 is 5.73 Å². The van der Waals surface area contributed by atoms with Gasteiger partial charge in [-0.25, -0.2) is 0 Å². The van der Waals surface area contributed by atoms with E-state index < -0.39 is 52.0 Å². The number of aliphatic hydroxyl groups excluding tert-OH is 2. The van der Waals surface area contributed by atoms with Gasteiger partial charge in [0, 0.05) is 30.6 Å². The molecule has 0 radical (unpaired) electrons. The van der Waals surface area contributed by atoms with Crippen molar-refractivity contribution in [2.45, 2.75) is 30.7 Å². The molecule has 3 unspecified atom stereocenters. The molecule has 1 amide bonds. The molecular weight excluding hydrogens is 422 g/mol. The minimum atomic E-state index is -2.38. The van der Waals surface area contributed by atoms with Crippen LogP contribution in [-0.2, 0) is 25.5 Å². The van der Waals surface area contributed by atoms with Gasteiger partial charge in [-0.1, -0.05) is 0 Å². The van der Waals surface area contributed by atoms with Gasteiger partial charge < -0.3 is 35.6 Å². The highest BCUT2D eigenvalue weighted by Crippen LogP contribution is 2.66. The van der Waals surface area contributed by atoms with Crippen LogP contribution in [0.15, 0.2) is 29.0 Å². The number of hydrogen-bond acceptors (Lipinski definition) is 9. The molecule has 1 saturated heterocycles. The van der Waals surface area contributed by atoms with Crippen LogP contribution in [0.1, 0.15) is 34.3 Å². The molecule has 2 fully saturated rings. The molecule has 0 bridgehead atoms. The molecule has 10 nitrogen and oxygen atoms in total. The van der Waals surface area contributed by atoms with Crippen molar-refractivity contribution in [1.29, 1.82) is 0 Å². The number of carbonyl (C=O) groups is 3. The standard InChI is InChI=1S/C22H21NO9/c1-31-7-14(26)10-2-3-12(24)16-11(10)5-8-4-9-6-13(25)17(20(23)29)22(30)21(9,32-22)19(28)15(8)18(16)27/h2-3,8-9,24-25,27,30H,4-7H2,1H3,(H2,23,29)/t8?,9?,21-,22?/m0/s1. The first-order valence-corrected chi connectivity index (χ1v) is 10.1. The van der Waals surface area contributed by atoms with Crippen LogP contribution in [-0.4, -0.2) is 63.0 Å². The van der Waals surface area contributed by atoms with Gasteiger partial charge in [0.1, 0.15) is 29.4 Å². The van der Waals surface area contributed by atoms with E-state index in [1.807, 2.05) is 0 Å². The lowest BCUT2D eigenvalue weighted by Gasteiger charge is -2.40. The Hall–Kier alpha value is -3.21. The third-order valence-electron chi connectivity index (χ3n) is 7.03. The number of carbonyl (C=O) groups excluding carboxylic acids is 3. The highest BCUT2D eigenvalue weighted by Gasteiger charge is 2.84. The number of ketones is 2. The van der Waals surface area contributed by atoms with E-state index in [0.717, 1.165) is 0 Å². The predicted molar refractivity (Wildman–Crippen MR) is 106 cm³/mol. The number of aliphatic hydroxyl groups is 3. The lowest BCUT2D eigenvalue weighted by atomic mass is 9.60. The first-order valence-electron chi connectivity index (χ1n) is 10.1. The summed E-state index contributed by atoms with van der Waals surface area (Å²) >= 11 is 0. The second-order valence-electron chi connectivity index (χ2n) is 8.64. The maximum absolute atomic E-state index is 13.6. The van der Waals surface area contributed by atoms with Gasteiger partial charge >= 0.3 is 0 Å². The Morgan fingerprint density at radius 1 is 1.25 bits per heavy atom. The van der Waals surface area contributed by atoms with E-state index in [2.05, 4.69) is 0 Å². The summed E-state index contributed by atoms with van der Waals surface area (Å²) in [6.45, 7) is -0.195. The minimum absolute atomic E-state index is 0.0325. The molecule has 1 aromatic rings. The van der Waals surface area contributed by atoms with Gasteiger partial charge in [-0.05, 0) is 36.5 Å². The zero-order valence-electron chi connectivity index (χ0n) is 17.0. The Morgan fingerprint density at radius 3 is 2.62 bits per heavy atom. The van der Waals surface area contributed by atoms with Crippen LogP contribution in [0.2, 0.25) is 0 Å². The van der Waals surface area contributed by atoms with Crippen molar-refractivity contribution in [3.63, 3.8) is 0 Å². The van der Waals surface area contributed by atoms with E-state index in [9.17, 15) is 34.8 Å². The van der Waals surface area contributed by atoms with Gasteiger partial charge in [-0.3, -0.25) is 14.4 Å². The smallest absolute Gasteiger partial charge is 0.253 e. The number of allylic oxidation sites excluding steroid dienone is 1. The number of aromatic hydroxyl groups is 1. The third kappa shape index (κ3) is 2.31. The average Bonchev–Trinajstić information content (AvgIpc) is 3.34. The summed E-state index contributed by atoms with van der Waals surface area (Å²) in [5.74, 6) is -7.05. The second-order valence-corrected chi connectivity index (χ2v) is 8.64. The number of hydrogen-bond donors (Lipinski definition) is 5. The lowest BCUT2D eigenvalue weighted by Crippen LogP contribution is -2.53. The van der Waals surface area contributed by atoms with Crippen molar-refractivity contribution < 1.29 is 44.3 Å². The minimum Gasteiger partial charge on any atom is -0.512 e. The Morgan fingerprint density at radius 2 is 1.97 bits per heavy atom. The monoisotopic (exact) mass is 443 g/mol. The number of primary amides is 1. The van der Waals surface area contributed by atoms with E-state index in [1.165, 1.54) is 19.2 Å². The quantitative estimate of drug-likeness (QED) is 0.325. The maximum atomic E-state index is 13.6. The topological polar surface area (TPSA) is 180 Å². The van der Waals surface area contributed by atoms with Crippen molar-refractivity contribution in [1.82, 2.24) is 0 Å². The Bertz CT molecular complexity index is 1180. The predicted octanol–water partition coefficient (Wildman–Crippen LogP) is 0.410. The summed E-state index contributed by atoms with van der Waals surface area (Å²) in [5.41, 5.74) is 3.45. The van der Waals surface area contributed by atoms with Crippen molar-refractivity contribution in [3.8, 4) is 5.75 Å². The van der Waals surface area contributed by atoms with Gasteiger partial charge in [0.05, 0.1) is 5.56 Å². The fourth-order valence-electron chi connectivity index (χ4n) is 5.72. The highest BCUT2D eigenvalue weighted by molar-refractivity contribution is 6.14. The van der Waals surface area contributed by atoms with Gasteiger partial charge in [0.15, 0.2) is 11.4 Å². The normalized spacial score (nSPS) is 32.6. The largest absolute Gasteiger partial charge is 0.512 e. The molecule has 1 heterocycles. The summed E-state index contributed by atoms with van der Waals surface area (Å²) < 4.78 is 10.3. The molecule has 4 atom stereocenters. The maximum Gasteiger partial charge on any atom is 0.253 e. The molecule has 1 aromatic carbocycles. The van der Waals surface area contributed by atoms with Crippen LogP contribution in [0.25, 0.3) is 5.76 Å². The fraction of sp³-hybridized carbons (Fsp3) is 0.409. The number of epoxide rings is 1. The van der Waals surface area contributed by atoms with Crippen LogP contribution in [0.3, 0.4) is 0 Å². The second kappa shape index (κ2) is 6.41. The van der Waals surface area contributed by atoms with Crippen molar-refractivity contribution in [2.75, 3.05) is 13.7 Å². The fourth-order valence-corrected chi connectivity index (χ4v) is 5.72. The van der Waals surface area contributed by atoms with Gasteiger partial charge in [0.25, 0.3) is 5.91 Å². The first-order chi connectivity index (χ1) is 15.1. The summed E-state index contributed by atoms with van der Waals surface area (Å²) in [4.78, 5) is 37.9. The van der Waals surface area contributed by atoms with E-state index in [0.29, 0.717) is 5.56 Å². The number of benzene rings is 1. The van der Waals surface area contributed by atoms with Crippen LogP contribution in [0, 0.1) is 11.8 Å². The summed E-state index contributed by atoms with van der Waals surface area (Å²) in [6, 6.07) is 2.70. The molecule has 10 heteroatoms. The van der Waals surface area contributed by atoms with Crippen molar-refractivity contribution >= 4 is 23.2 Å². The summed E-state index contributed by atoms with van der Waals surface area (Å²) in [7, 11) is 1.37. The molecule has 5 rings (SSSR count). The number of phenols is 1. The van der Waals surface area contributed by atoms with E-state index in [1.54, 1.807) is 0 Å². The molecule has 1 saturated carbocycles. The Kier molecular flexibility index (Phi) is 4.14. The number of Topliss-reactive ketones (excluding diaryl/α,β-unsaturated/α-hetero) is 2. The van der Waals surface area contributed by atoms with Crippen LogP contribution >= 0.6 is 0 Å². The van der Waals surface area contributed by atoms with Gasteiger partial charge in [0.2, 0.25) is 11.6 Å².